The first kappa shape index (κ1) is 18.8. The van der Waals surface area contributed by atoms with Crippen molar-refractivity contribution in [2.75, 3.05) is 13.7 Å². The lowest BCUT2D eigenvalue weighted by molar-refractivity contribution is -0.130. The highest BCUT2D eigenvalue weighted by Gasteiger charge is 2.11. The number of carbonyl (C=O) groups is 2. The summed E-state index contributed by atoms with van der Waals surface area (Å²) in [6.45, 7) is 1.89. The molecule has 2 rings (SSSR count). The molecule has 0 spiro atoms. The molecule has 2 N–H and O–H groups in total. The first-order valence-corrected chi connectivity index (χ1v) is 7.66. The summed E-state index contributed by atoms with van der Waals surface area (Å²) in [4.78, 5) is 26.6. The maximum Gasteiger partial charge on any atom is 0.434 e. The summed E-state index contributed by atoms with van der Waals surface area (Å²) in [5, 5.41) is 19.8. The Kier molecular flexibility index (Phi) is 6.15. The van der Waals surface area contributed by atoms with Gasteiger partial charge >= 0.3 is 12.1 Å². The van der Waals surface area contributed by atoms with Gasteiger partial charge in [-0.2, -0.15) is 4.99 Å². The van der Waals surface area contributed by atoms with Crippen molar-refractivity contribution in [3.8, 4) is 11.5 Å². The second-order valence-electron chi connectivity index (χ2n) is 5.03. The van der Waals surface area contributed by atoms with Crippen LogP contribution in [0.15, 0.2) is 47.7 Å². The molecule has 1 amide bonds. The largest absolute Gasteiger partial charge is 0.507 e. The maximum atomic E-state index is 11.6. The van der Waals surface area contributed by atoms with Gasteiger partial charge in [0.1, 0.15) is 17.2 Å². The number of phenolic OH excluding ortho intramolecular Hbond substituents is 1. The molecule has 8 heteroatoms. The Morgan fingerprint density at radius 2 is 1.92 bits per heavy atom. The number of carboxylic acids is 1. The van der Waals surface area contributed by atoms with Crippen LogP contribution in [0.2, 0.25) is 0 Å². The van der Waals surface area contributed by atoms with Crippen LogP contribution in [0.3, 0.4) is 0 Å². The highest BCUT2D eigenvalue weighted by Crippen LogP contribution is 2.26. The van der Waals surface area contributed by atoms with E-state index in [-0.39, 0.29) is 18.1 Å². The average molecular weight is 358 g/mol. The fourth-order valence-electron chi connectivity index (χ4n) is 2.08. The van der Waals surface area contributed by atoms with Crippen molar-refractivity contribution in [3.05, 3.63) is 53.6 Å². The van der Waals surface area contributed by atoms with Crippen LogP contribution in [0, 0.1) is 0 Å². The number of benzene rings is 1. The van der Waals surface area contributed by atoms with Crippen LogP contribution in [-0.4, -0.2) is 40.6 Å². The minimum absolute atomic E-state index is 0.104. The van der Waals surface area contributed by atoms with Crippen molar-refractivity contribution in [2.24, 2.45) is 4.99 Å². The molecule has 1 aromatic heterocycles. The zero-order valence-corrected chi connectivity index (χ0v) is 14.2. The molecular formula is C18H18N2O6. The van der Waals surface area contributed by atoms with Crippen molar-refractivity contribution >= 4 is 23.8 Å². The predicted molar refractivity (Wildman–Crippen MR) is 93.5 cm³/mol. The number of amides is 1. The van der Waals surface area contributed by atoms with E-state index in [4.69, 9.17) is 9.47 Å². The Morgan fingerprint density at radius 3 is 2.46 bits per heavy atom. The molecule has 2 aromatic rings. The highest BCUT2D eigenvalue weighted by atomic mass is 16.5. The van der Waals surface area contributed by atoms with E-state index in [0.29, 0.717) is 16.7 Å². The van der Waals surface area contributed by atoms with E-state index in [0.717, 1.165) is 0 Å². The second kappa shape index (κ2) is 8.52. The standard InChI is InChI=1S/C18H18N2O6/c1-3-26-18(24)19-13-6-8-20(9-7-13)15(17(22)23)10-12-4-5-14(25-2)11-16(12)21/h4-11,21H,3H2,1-2H3,(H,22,23). The Balaban J connectivity index is 2.39. The lowest BCUT2D eigenvalue weighted by Crippen LogP contribution is -2.12. The monoisotopic (exact) mass is 358 g/mol. The highest BCUT2D eigenvalue weighted by molar-refractivity contribution is 6.14. The molecule has 8 nitrogen and oxygen atoms in total. The van der Waals surface area contributed by atoms with Gasteiger partial charge in [0.2, 0.25) is 0 Å². The number of nitrogens with zero attached hydrogens (tertiary/aromatic N) is 2. The van der Waals surface area contributed by atoms with Crippen molar-refractivity contribution in [2.45, 2.75) is 6.92 Å². The van der Waals surface area contributed by atoms with E-state index in [1.54, 1.807) is 19.1 Å². The third-order valence-corrected chi connectivity index (χ3v) is 3.33. The van der Waals surface area contributed by atoms with Crippen molar-refractivity contribution in [1.82, 2.24) is 4.57 Å². The lowest BCUT2D eigenvalue weighted by atomic mass is 10.1. The Bertz CT molecular complexity index is 894. The molecule has 0 fully saturated rings. The summed E-state index contributed by atoms with van der Waals surface area (Å²) in [5.41, 5.74) is 0.212. The second-order valence-corrected chi connectivity index (χ2v) is 5.03. The minimum atomic E-state index is -1.19. The molecule has 26 heavy (non-hydrogen) atoms. The Labute approximate surface area is 149 Å². The number of pyridine rings is 1. The summed E-state index contributed by atoms with van der Waals surface area (Å²) in [5.74, 6) is -0.855. The van der Waals surface area contributed by atoms with Crippen LogP contribution in [-0.2, 0) is 9.53 Å². The number of aromatic hydroxyl groups is 1. The number of aromatic nitrogens is 1. The maximum absolute atomic E-state index is 11.6. The predicted octanol–water partition coefficient (Wildman–Crippen LogP) is 2.34. The summed E-state index contributed by atoms with van der Waals surface area (Å²) in [6, 6.07) is 7.49. The number of hydrogen-bond acceptors (Lipinski definition) is 5. The van der Waals surface area contributed by atoms with E-state index in [1.807, 2.05) is 0 Å². The number of carboxylic acid groups (broad SMARTS) is 1. The topological polar surface area (TPSA) is 110 Å². The van der Waals surface area contributed by atoms with Gasteiger partial charge in [0.15, 0.2) is 0 Å². The van der Waals surface area contributed by atoms with Crippen LogP contribution in [0.5, 0.6) is 11.5 Å². The zero-order valence-electron chi connectivity index (χ0n) is 14.2. The number of carbonyl (C=O) groups excluding carboxylic acids is 1. The molecule has 0 saturated heterocycles. The van der Waals surface area contributed by atoms with Crippen LogP contribution >= 0.6 is 0 Å². The summed E-state index contributed by atoms with van der Waals surface area (Å²) in [7, 11) is 1.46. The van der Waals surface area contributed by atoms with Gasteiger partial charge in [0, 0.05) is 24.0 Å². The van der Waals surface area contributed by atoms with Gasteiger partial charge in [-0.15, -0.1) is 0 Å². The molecule has 0 aliphatic carbocycles. The van der Waals surface area contributed by atoms with Crippen LogP contribution in [0.4, 0.5) is 4.79 Å². The van der Waals surface area contributed by atoms with Crippen molar-refractivity contribution in [1.29, 1.82) is 0 Å². The van der Waals surface area contributed by atoms with E-state index in [1.165, 1.54) is 48.3 Å². The van der Waals surface area contributed by atoms with Crippen LogP contribution in [0.25, 0.3) is 11.8 Å². The molecule has 0 aliphatic heterocycles. The minimum Gasteiger partial charge on any atom is -0.507 e. The molecular weight excluding hydrogens is 340 g/mol. The smallest absolute Gasteiger partial charge is 0.434 e. The fourth-order valence-corrected chi connectivity index (χ4v) is 2.08. The van der Waals surface area contributed by atoms with E-state index >= 15 is 0 Å². The fraction of sp³-hybridized carbons (Fsp3) is 0.167. The van der Waals surface area contributed by atoms with Crippen molar-refractivity contribution < 1.29 is 29.3 Å². The summed E-state index contributed by atoms with van der Waals surface area (Å²) in [6.07, 6.45) is 3.48. The number of ether oxygens (including phenoxy) is 2. The van der Waals surface area contributed by atoms with Crippen LogP contribution < -0.4 is 10.1 Å². The van der Waals surface area contributed by atoms with Crippen LogP contribution in [0.1, 0.15) is 12.5 Å². The van der Waals surface area contributed by atoms with E-state index in [9.17, 15) is 19.8 Å². The van der Waals surface area contributed by atoms with E-state index in [2.05, 4.69) is 4.99 Å². The molecule has 0 saturated carbocycles. The van der Waals surface area contributed by atoms with Gasteiger partial charge in [-0.25, -0.2) is 9.59 Å². The Morgan fingerprint density at radius 1 is 1.23 bits per heavy atom. The van der Waals surface area contributed by atoms with Gasteiger partial charge < -0.3 is 24.3 Å². The number of methoxy groups -OCH3 is 1. The summed E-state index contributed by atoms with van der Waals surface area (Å²) >= 11 is 0. The van der Waals surface area contributed by atoms with Gasteiger partial charge in [0.25, 0.3) is 0 Å². The van der Waals surface area contributed by atoms with Gasteiger partial charge in [-0.1, -0.05) is 0 Å². The average Bonchev–Trinajstić information content (AvgIpc) is 2.61. The number of rotatable bonds is 5. The summed E-state index contributed by atoms with van der Waals surface area (Å²) < 4.78 is 11.0. The number of phenols is 1. The Hall–Kier alpha value is -3.55. The third-order valence-electron chi connectivity index (χ3n) is 3.33. The number of hydrogen-bond donors (Lipinski definition) is 2. The molecule has 1 aromatic carbocycles. The lowest BCUT2D eigenvalue weighted by Gasteiger charge is -2.09. The molecule has 1 heterocycles. The van der Waals surface area contributed by atoms with Gasteiger partial charge in [0.05, 0.1) is 19.1 Å². The molecule has 0 atom stereocenters. The first-order chi connectivity index (χ1) is 12.4. The molecule has 0 radical (unpaired) electrons. The normalized spacial score (nSPS) is 10.9. The first-order valence-electron chi connectivity index (χ1n) is 7.66. The third kappa shape index (κ3) is 4.73. The van der Waals surface area contributed by atoms with Gasteiger partial charge in [-0.3, -0.25) is 0 Å². The van der Waals surface area contributed by atoms with Crippen molar-refractivity contribution in [3.63, 3.8) is 0 Å². The van der Waals surface area contributed by atoms with E-state index < -0.39 is 12.1 Å². The molecule has 0 aliphatic rings. The quantitative estimate of drug-likeness (QED) is 0.794. The SMILES string of the molecule is CCOC(=O)N=c1ccn(C(=Cc2ccc(OC)cc2O)C(=O)O)cc1. The zero-order chi connectivity index (χ0) is 19.1. The molecule has 0 bridgehead atoms. The molecule has 136 valence electrons. The van der Waals surface area contributed by atoms with Gasteiger partial charge in [-0.05, 0) is 37.3 Å². The molecule has 0 unspecified atom stereocenters. The number of aliphatic carboxylic acids is 1.